The van der Waals surface area contributed by atoms with Crippen molar-refractivity contribution in [1.29, 1.82) is 0 Å². The van der Waals surface area contributed by atoms with E-state index in [1.165, 1.54) is 4.52 Å². The SMILES string of the molecule is Cc1cc2cccc(-c3cc4ccnn4c(S(C)(=O)=O)n3)c2o1. The van der Waals surface area contributed by atoms with Gasteiger partial charge in [-0.15, -0.1) is 0 Å². The highest BCUT2D eigenvalue weighted by Crippen LogP contribution is 2.31. The molecule has 0 N–H and O–H groups in total. The Morgan fingerprint density at radius 1 is 1.17 bits per heavy atom. The van der Waals surface area contributed by atoms with Crippen LogP contribution in [0.4, 0.5) is 0 Å². The molecular weight excluding hydrogens is 314 g/mol. The predicted molar refractivity (Wildman–Crippen MR) is 86.0 cm³/mol. The summed E-state index contributed by atoms with van der Waals surface area (Å²) >= 11 is 0. The number of fused-ring (bicyclic) bond motifs is 2. The fraction of sp³-hybridized carbons (Fsp3) is 0.125. The maximum atomic E-state index is 12.0. The Kier molecular flexibility index (Phi) is 2.83. The first-order valence-corrected chi connectivity index (χ1v) is 8.87. The van der Waals surface area contributed by atoms with Crippen LogP contribution in [0.15, 0.2) is 52.2 Å². The van der Waals surface area contributed by atoms with Gasteiger partial charge >= 0.3 is 0 Å². The number of sulfone groups is 1. The number of hydrogen-bond donors (Lipinski definition) is 0. The third-order valence-electron chi connectivity index (χ3n) is 3.63. The summed E-state index contributed by atoms with van der Waals surface area (Å²) < 4.78 is 31.2. The number of hydrogen-bond acceptors (Lipinski definition) is 5. The van der Waals surface area contributed by atoms with E-state index in [0.717, 1.165) is 23.0 Å². The molecule has 0 unspecified atom stereocenters. The zero-order chi connectivity index (χ0) is 16.2. The molecule has 1 aromatic carbocycles. The van der Waals surface area contributed by atoms with Gasteiger partial charge in [0.2, 0.25) is 15.0 Å². The van der Waals surface area contributed by atoms with Gasteiger partial charge in [0.15, 0.2) is 0 Å². The van der Waals surface area contributed by atoms with Crippen LogP contribution in [0.5, 0.6) is 0 Å². The summed E-state index contributed by atoms with van der Waals surface area (Å²) in [5.74, 6) is 0.793. The van der Waals surface area contributed by atoms with Crippen LogP contribution in [0, 0.1) is 6.92 Å². The topological polar surface area (TPSA) is 77.5 Å². The van der Waals surface area contributed by atoms with E-state index < -0.39 is 9.84 Å². The van der Waals surface area contributed by atoms with Crippen molar-refractivity contribution >= 4 is 26.3 Å². The minimum atomic E-state index is -3.52. The maximum Gasteiger partial charge on any atom is 0.249 e. The Hall–Kier alpha value is -2.67. The second-order valence-corrected chi connectivity index (χ2v) is 7.35. The van der Waals surface area contributed by atoms with E-state index >= 15 is 0 Å². The fourth-order valence-electron chi connectivity index (χ4n) is 2.68. The molecule has 4 aromatic rings. The van der Waals surface area contributed by atoms with Crippen molar-refractivity contribution in [3.8, 4) is 11.3 Å². The van der Waals surface area contributed by atoms with E-state index in [1.54, 1.807) is 18.3 Å². The standard InChI is InChI=1S/C16H13N3O3S/c1-10-8-11-4-3-5-13(15(11)22-10)14-9-12-6-7-17-19(12)16(18-14)23(2,20)21/h3-9H,1-2H3. The summed E-state index contributed by atoms with van der Waals surface area (Å²) in [5, 5.41) is 4.90. The van der Waals surface area contributed by atoms with Gasteiger partial charge < -0.3 is 4.42 Å². The Balaban J connectivity index is 2.09. The number of rotatable bonds is 2. The van der Waals surface area contributed by atoms with E-state index in [-0.39, 0.29) is 5.16 Å². The first-order chi connectivity index (χ1) is 10.9. The number of para-hydroxylation sites is 1. The van der Waals surface area contributed by atoms with Crippen molar-refractivity contribution in [3.63, 3.8) is 0 Å². The van der Waals surface area contributed by atoms with E-state index in [1.807, 2.05) is 31.2 Å². The van der Waals surface area contributed by atoms with Crippen LogP contribution in [0.2, 0.25) is 0 Å². The van der Waals surface area contributed by atoms with E-state index in [4.69, 9.17) is 4.42 Å². The first kappa shape index (κ1) is 14.0. The van der Waals surface area contributed by atoms with Gasteiger partial charge in [0.1, 0.15) is 11.3 Å². The highest BCUT2D eigenvalue weighted by Gasteiger charge is 2.19. The Bertz CT molecular complexity index is 1160. The normalized spacial score (nSPS) is 12.3. The van der Waals surface area contributed by atoms with Crippen LogP contribution in [0.25, 0.3) is 27.7 Å². The lowest BCUT2D eigenvalue weighted by atomic mass is 10.1. The Morgan fingerprint density at radius 2 is 2.00 bits per heavy atom. The average molecular weight is 327 g/mol. The smallest absolute Gasteiger partial charge is 0.249 e. The molecule has 0 atom stereocenters. The molecule has 0 spiro atoms. The summed E-state index contributed by atoms with van der Waals surface area (Å²) in [6, 6.07) is 11.2. The monoisotopic (exact) mass is 327 g/mol. The Morgan fingerprint density at radius 3 is 2.78 bits per heavy atom. The summed E-state index contributed by atoms with van der Waals surface area (Å²) in [5.41, 5.74) is 2.65. The number of nitrogens with zero attached hydrogens (tertiary/aromatic N) is 3. The van der Waals surface area contributed by atoms with Gasteiger partial charge in [-0.3, -0.25) is 0 Å². The molecule has 0 aliphatic carbocycles. The number of aromatic nitrogens is 3. The predicted octanol–water partition coefficient (Wildman–Crippen LogP) is 2.85. The van der Waals surface area contributed by atoms with Crippen LogP contribution in [-0.4, -0.2) is 29.3 Å². The highest BCUT2D eigenvalue weighted by molar-refractivity contribution is 7.90. The summed E-state index contributed by atoms with van der Waals surface area (Å²) in [6.07, 6.45) is 2.67. The van der Waals surface area contributed by atoms with E-state index in [0.29, 0.717) is 16.8 Å². The third-order valence-corrected chi connectivity index (χ3v) is 4.56. The van der Waals surface area contributed by atoms with E-state index in [2.05, 4.69) is 10.1 Å². The van der Waals surface area contributed by atoms with Crippen LogP contribution in [-0.2, 0) is 9.84 Å². The number of benzene rings is 1. The molecule has 0 radical (unpaired) electrons. The first-order valence-electron chi connectivity index (χ1n) is 6.98. The van der Waals surface area contributed by atoms with Crippen molar-refractivity contribution in [2.45, 2.75) is 12.1 Å². The third kappa shape index (κ3) is 2.20. The molecule has 0 amide bonds. The molecule has 3 heterocycles. The molecule has 6 nitrogen and oxygen atoms in total. The molecule has 0 aliphatic rings. The lowest BCUT2D eigenvalue weighted by Gasteiger charge is -2.07. The molecule has 4 rings (SSSR count). The molecule has 0 aliphatic heterocycles. The lowest BCUT2D eigenvalue weighted by molar-refractivity contribution is 0.578. The van der Waals surface area contributed by atoms with Gasteiger partial charge in [0, 0.05) is 17.2 Å². The molecule has 7 heteroatoms. The van der Waals surface area contributed by atoms with Crippen LogP contribution in [0.3, 0.4) is 0 Å². The zero-order valence-corrected chi connectivity index (χ0v) is 13.3. The van der Waals surface area contributed by atoms with Crippen LogP contribution in [0.1, 0.15) is 5.76 Å². The van der Waals surface area contributed by atoms with Gasteiger partial charge in [0.05, 0.1) is 17.4 Å². The highest BCUT2D eigenvalue weighted by atomic mass is 32.2. The molecule has 0 bridgehead atoms. The Labute approximate surface area is 132 Å². The van der Waals surface area contributed by atoms with Crippen LogP contribution >= 0.6 is 0 Å². The second kappa shape index (κ2) is 4.66. The summed E-state index contributed by atoms with van der Waals surface area (Å²) in [4.78, 5) is 4.33. The van der Waals surface area contributed by atoms with Gasteiger partial charge in [-0.25, -0.2) is 17.9 Å². The van der Waals surface area contributed by atoms with Gasteiger partial charge in [0.25, 0.3) is 0 Å². The van der Waals surface area contributed by atoms with Crippen molar-refractivity contribution in [2.75, 3.05) is 6.26 Å². The molecule has 0 saturated carbocycles. The molecule has 0 fully saturated rings. The lowest BCUT2D eigenvalue weighted by Crippen LogP contribution is -2.09. The van der Waals surface area contributed by atoms with Gasteiger partial charge in [-0.1, -0.05) is 12.1 Å². The largest absolute Gasteiger partial charge is 0.461 e. The minimum Gasteiger partial charge on any atom is -0.461 e. The maximum absolute atomic E-state index is 12.0. The van der Waals surface area contributed by atoms with E-state index in [9.17, 15) is 8.42 Å². The number of aryl methyl sites for hydroxylation is 1. The minimum absolute atomic E-state index is 0.0877. The van der Waals surface area contributed by atoms with Crippen molar-refractivity contribution in [2.24, 2.45) is 0 Å². The quantitative estimate of drug-likeness (QED) is 0.529. The zero-order valence-electron chi connectivity index (χ0n) is 12.5. The summed E-state index contributed by atoms with van der Waals surface area (Å²) in [7, 11) is -3.52. The molecule has 116 valence electrons. The second-order valence-electron chi connectivity index (χ2n) is 5.44. The number of furan rings is 1. The molecular formula is C16H13N3O3S. The fourth-order valence-corrected chi connectivity index (χ4v) is 3.41. The summed E-state index contributed by atoms with van der Waals surface area (Å²) in [6.45, 7) is 1.87. The van der Waals surface area contributed by atoms with Crippen molar-refractivity contribution in [3.05, 3.63) is 48.4 Å². The van der Waals surface area contributed by atoms with Crippen LogP contribution < -0.4 is 0 Å². The molecule has 3 aromatic heterocycles. The molecule has 0 saturated heterocycles. The van der Waals surface area contributed by atoms with Gasteiger partial charge in [-0.2, -0.15) is 5.10 Å². The average Bonchev–Trinajstić information content (AvgIpc) is 3.08. The molecule has 23 heavy (non-hydrogen) atoms. The van der Waals surface area contributed by atoms with Crippen molar-refractivity contribution < 1.29 is 12.8 Å². The van der Waals surface area contributed by atoms with Crippen molar-refractivity contribution in [1.82, 2.24) is 14.6 Å². The van der Waals surface area contributed by atoms with Gasteiger partial charge in [-0.05, 0) is 31.2 Å².